The summed E-state index contributed by atoms with van der Waals surface area (Å²) >= 11 is 0. The molecule has 0 aromatic heterocycles. The minimum atomic E-state index is -0.963. The van der Waals surface area contributed by atoms with Crippen LogP contribution in [-0.2, 0) is 4.74 Å². The van der Waals surface area contributed by atoms with E-state index in [2.05, 4.69) is 6.07 Å². The fourth-order valence-corrected chi connectivity index (χ4v) is 3.97. The summed E-state index contributed by atoms with van der Waals surface area (Å²) in [7, 11) is 0. The van der Waals surface area contributed by atoms with Crippen molar-refractivity contribution in [3.8, 4) is 6.07 Å². The molecule has 0 saturated carbocycles. The summed E-state index contributed by atoms with van der Waals surface area (Å²) in [4.78, 5) is 14.3. The molecule has 30 heavy (non-hydrogen) atoms. The quantitative estimate of drug-likeness (QED) is 0.800. The van der Waals surface area contributed by atoms with Gasteiger partial charge in [-0.2, -0.15) is 5.26 Å². The fraction of sp³-hybridized carbons (Fsp3) is 0.417. The minimum absolute atomic E-state index is 0.395. The summed E-state index contributed by atoms with van der Waals surface area (Å²) in [6, 6.07) is 14.6. The van der Waals surface area contributed by atoms with Crippen LogP contribution in [0.15, 0.2) is 48.5 Å². The van der Waals surface area contributed by atoms with Gasteiger partial charge in [-0.3, -0.25) is 0 Å². The second-order valence-corrected chi connectivity index (χ2v) is 8.64. The van der Waals surface area contributed by atoms with Crippen LogP contribution in [0, 0.1) is 17.1 Å². The second-order valence-electron chi connectivity index (χ2n) is 8.64. The highest BCUT2D eigenvalue weighted by Gasteiger charge is 2.40. The zero-order valence-corrected chi connectivity index (χ0v) is 17.5. The van der Waals surface area contributed by atoms with Gasteiger partial charge in [0.05, 0.1) is 23.8 Å². The maximum absolute atomic E-state index is 14.0. The highest BCUT2D eigenvalue weighted by Crippen LogP contribution is 2.35. The fourth-order valence-electron chi connectivity index (χ4n) is 3.97. The maximum Gasteiger partial charge on any atom is 0.410 e. The smallest absolute Gasteiger partial charge is 0.410 e. The van der Waals surface area contributed by atoms with E-state index >= 15 is 0 Å². The molecule has 158 valence electrons. The Balaban J connectivity index is 1.96. The van der Waals surface area contributed by atoms with Gasteiger partial charge in [-0.25, -0.2) is 9.18 Å². The van der Waals surface area contributed by atoms with E-state index in [1.165, 1.54) is 12.1 Å². The zero-order chi connectivity index (χ0) is 21.9. The van der Waals surface area contributed by atoms with E-state index in [9.17, 15) is 14.3 Å². The van der Waals surface area contributed by atoms with Gasteiger partial charge in [0.1, 0.15) is 11.4 Å². The maximum atomic E-state index is 14.0. The van der Waals surface area contributed by atoms with Crippen LogP contribution in [0.2, 0.25) is 0 Å². The molecule has 1 amide bonds. The third-order valence-corrected chi connectivity index (χ3v) is 5.27. The SMILES string of the molecule is CC(C)(C)OC(=O)N1CCC[C@@H]1C(O)C(c1ccc(C#N)cc1)c1cccc(F)c1. The number of aliphatic hydroxyl groups excluding tert-OH is 1. The Morgan fingerprint density at radius 2 is 1.93 bits per heavy atom. The molecule has 3 rings (SSSR count). The number of nitrogens with zero attached hydrogens (tertiary/aromatic N) is 2. The van der Waals surface area contributed by atoms with Crippen molar-refractivity contribution in [1.29, 1.82) is 5.26 Å². The lowest BCUT2D eigenvalue weighted by Gasteiger charge is -2.35. The van der Waals surface area contributed by atoms with Gasteiger partial charge in [0.25, 0.3) is 0 Å². The summed E-state index contributed by atoms with van der Waals surface area (Å²) in [5, 5.41) is 20.5. The van der Waals surface area contributed by atoms with E-state index in [1.807, 2.05) is 0 Å². The average Bonchev–Trinajstić information content (AvgIpc) is 3.17. The average molecular weight is 410 g/mol. The minimum Gasteiger partial charge on any atom is -0.444 e. The van der Waals surface area contributed by atoms with Crippen LogP contribution < -0.4 is 0 Å². The number of aliphatic hydroxyl groups is 1. The standard InChI is InChI=1S/C24H27FN2O3/c1-24(2,3)30-23(29)27-13-5-8-20(27)22(28)21(18-6-4-7-19(25)14-18)17-11-9-16(15-26)10-12-17/h4,6-7,9-12,14,20-22,28H,5,8,13H2,1-3H3/t20-,21?,22?/m1/s1. The van der Waals surface area contributed by atoms with Crippen LogP contribution >= 0.6 is 0 Å². The molecule has 1 saturated heterocycles. The third kappa shape index (κ3) is 4.98. The second kappa shape index (κ2) is 8.85. The Bertz CT molecular complexity index is 931. The first-order chi connectivity index (χ1) is 14.2. The molecule has 1 aliphatic rings. The molecule has 5 nitrogen and oxygen atoms in total. The van der Waals surface area contributed by atoms with Crippen molar-refractivity contribution >= 4 is 6.09 Å². The summed E-state index contributed by atoms with van der Waals surface area (Å²) in [6.07, 6.45) is -0.0381. The zero-order valence-electron chi connectivity index (χ0n) is 17.5. The molecule has 1 heterocycles. The lowest BCUT2D eigenvalue weighted by molar-refractivity contribution is 0.00254. The van der Waals surface area contributed by atoms with Crippen LogP contribution in [0.1, 0.15) is 56.2 Å². The van der Waals surface area contributed by atoms with Crippen molar-refractivity contribution in [2.45, 2.75) is 57.3 Å². The first-order valence-corrected chi connectivity index (χ1v) is 10.1. The lowest BCUT2D eigenvalue weighted by atomic mass is 9.82. The first kappa shape index (κ1) is 21.8. The van der Waals surface area contributed by atoms with Crippen molar-refractivity contribution in [3.05, 3.63) is 71.0 Å². The van der Waals surface area contributed by atoms with Gasteiger partial charge in [0.2, 0.25) is 0 Å². The van der Waals surface area contributed by atoms with Gasteiger partial charge in [0, 0.05) is 12.5 Å². The molecule has 2 unspecified atom stereocenters. The van der Waals surface area contributed by atoms with Crippen molar-refractivity contribution < 1.29 is 19.0 Å². The molecule has 2 aromatic rings. The first-order valence-electron chi connectivity index (χ1n) is 10.1. The van der Waals surface area contributed by atoms with Gasteiger partial charge in [0.15, 0.2) is 0 Å². The Morgan fingerprint density at radius 3 is 2.53 bits per heavy atom. The van der Waals surface area contributed by atoms with Gasteiger partial charge >= 0.3 is 6.09 Å². The lowest BCUT2D eigenvalue weighted by Crippen LogP contribution is -2.47. The number of benzene rings is 2. The Morgan fingerprint density at radius 1 is 1.23 bits per heavy atom. The predicted molar refractivity (Wildman–Crippen MR) is 111 cm³/mol. The molecule has 1 N–H and O–H groups in total. The van der Waals surface area contributed by atoms with Gasteiger partial charge in [-0.05, 0) is 69.0 Å². The molecule has 0 spiro atoms. The van der Waals surface area contributed by atoms with E-state index in [0.29, 0.717) is 24.1 Å². The van der Waals surface area contributed by atoms with E-state index in [1.54, 1.807) is 62.1 Å². The number of halogens is 1. The van der Waals surface area contributed by atoms with E-state index in [0.717, 1.165) is 12.0 Å². The number of rotatable bonds is 4. The molecule has 3 atom stereocenters. The molecule has 2 aromatic carbocycles. The Labute approximate surface area is 176 Å². The molecule has 6 heteroatoms. The third-order valence-electron chi connectivity index (χ3n) is 5.27. The summed E-state index contributed by atoms with van der Waals surface area (Å²) in [5.74, 6) is -0.949. The number of carbonyl (C=O) groups is 1. The molecule has 0 bridgehead atoms. The number of likely N-dealkylation sites (tertiary alicyclic amines) is 1. The molecule has 1 aliphatic heterocycles. The van der Waals surface area contributed by atoms with E-state index in [4.69, 9.17) is 10.00 Å². The van der Waals surface area contributed by atoms with Crippen molar-refractivity contribution in [2.75, 3.05) is 6.54 Å². The Hall–Kier alpha value is -2.91. The monoisotopic (exact) mass is 410 g/mol. The van der Waals surface area contributed by atoms with Crippen LogP contribution in [0.5, 0.6) is 0 Å². The molecular weight excluding hydrogens is 383 g/mol. The highest BCUT2D eigenvalue weighted by molar-refractivity contribution is 5.69. The number of hydrogen-bond donors (Lipinski definition) is 1. The summed E-state index contributed by atoms with van der Waals surface area (Å²) in [6.45, 7) is 5.91. The summed E-state index contributed by atoms with van der Waals surface area (Å²) < 4.78 is 19.5. The topological polar surface area (TPSA) is 73.6 Å². The van der Waals surface area contributed by atoms with Crippen LogP contribution in [0.4, 0.5) is 9.18 Å². The van der Waals surface area contributed by atoms with Crippen LogP contribution in [0.3, 0.4) is 0 Å². The van der Waals surface area contributed by atoms with Crippen LogP contribution in [0.25, 0.3) is 0 Å². The van der Waals surface area contributed by atoms with Gasteiger partial charge < -0.3 is 14.7 Å². The molecule has 0 aliphatic carbocycles. The van der Waals surface area contributed by atoms with Crippen molar-refractivity contribution in [2.24, 2.45) is 0 Å². The van der Waals surface area contributed by atoms with Crippen molar-refractivity contribution in [1.82, 2.24) is 4.90 Å². The molecule has 0 radical (unpaired) electrons. The number of carbonyl (C=O) groups excluding carboxylic acids is 1. The number of hydrogen-bond acceptors (Lipinski definition) is 4. The largest absolute Gasteiger partial charge is 0.444 e. The Kier molecular flexibility index (Phi) is 6.42. The van der Waals surface area contributed by atoms with Crippen LogP contribution in [-0.4, -0.2) is 40.4 Å². The number of ether oxygens (including phenoxy) is 1. The number of amides is 1. The highest BCUT2D eigenvalue weighted by atomic mass is 19.1. The molecule has 1 fully saturated rings. The van der Waals surface area contributed by atoms with E-state index < -0.39 is 35.6 Å². The number of nitriles is 1. The summed E-state index contributed by atoms with van der Waals surface area (Å²) in [5.41, 5.74) is 1.23. The van der Waals surface area contributed by atoms with Crippen molar-refractivity contribution in [3.63, 3.8) is 0 Å². The normalized spacial score (nSPS) is 18.5. The van der Waals surface area contributed by atoms with Gasteiger partial charge in [-0.15, -0.1) is 0 Å². The van der Waals surface area contributed by atoms with E-state index in [-0.39, 0.29) is 0 Å². The predicted octanol–water partition coefficient (Wildman–Crippen LogP) is 4.59. The molecular formula is C24H27FN2O3. The van der Waals surface area contributed by atoms with Gasteiger partial charge in [-0.1, -0.05) is 24.3 Å².